The SMILES string of the molecule is N#C[C@H](C(=N\O)/C(=N\O)[C@H](C#N)c1ccccc1)c1ccccc1. The molecule has 0 fully saturated rings. The van der Waals surface area contributed by atoms with Crippen LogP contribution in [0.1, 0.15) is 23.0 Å². The summed E-state index contributed by atoms with van der Waals surface area (Å²) in [4.78, 5) is 0. The Bertz CT molecular complexity index is 746. The van der Waals surface area contributed by atoms with Crippen molar-refractivity contribution < 1.29 is 10.4 Å². The van der Waals surface area contributed by atoms with Crippen molar-refractivity contribution in [1.82, 2.24) is 0 Å². The second kappa shape index (κ2) is 8.11. The van der Waals surface area contributed by atoms with Gasteiger partial charge in [0.05, 0.1) is 12.1 Å². The van der Waals surface area contributed by atoms with Crippen LogP contribution in [-0.4, -0.2) is 21.8 Å². The molecule has 2 rings (SSSR count). The van der Waals surface area contributed by atoms with E-state index in [9.17, 15) is 20.9 Å². The fourth-order valence-electron chi connectivity index (χ4n) is 2.39. The summed E-state index contributed by atoms with van der Waals surface area (Å²) >= 11 is 0. The van der Waals surface area contributed by atoms with Crippen LogP contribution >= 0.6 is 0 Å². The Hall–Kier alpha value is -3.64. The molecule has 2 atom stereocenters. The highest BCUT2D eigenvalue weighted by atomic mass is 16.4. The van der Waals surface area contributed by atoms with E-state index in [-0.39, 0.29) is 11.4 Å². The fraction of sp³-hybridized carbons (Fsp3) is 0.111. The molecule has 0 aliphatic heterocycles. The van der Waals surface area contributed by atoms with Crippen molar-refractivity contribution in [3.05, 3.63) is 71.8 Å². The maximum absolute atomic E-state index is 9.49. The third-order valence-electron chi connectivity index (χ3n) is 3.55. The van der Waals surface area contributed by atoms with Gasteiger partial charge in [0.1, 0.15) is 23.3 Å². The molecule has 0 saturated heterocycles. The first-order valence-electron chi connectivity index (χ1n) is 7.10. The second-order valence-corrected chi connectivity index (χ2v) is 4.92. The first kappa shape index (κ1) is 16.7. The van der Waals surface area contributed by atoms with E-state index in [0.717, 1.165) is 0 Å². The number of nitriles is 2. The minimum absolute atomic E-state index is 0.165. The number of hydrogen-bond donors (Lipinski definition) is 2. The summed E-state index contributed by atoms with van der Waals surface area (Å²) in [6.45, 7) is 0. The van der Waals surface area contributed by atoms with Crippen LogP contribution in [0.3, 0.4) is 0 Å². The summed E-state index contributed by atoms with van der Waals surface area (Å²) in [5.74, 6) is -1.94. The molecular formula is C18H14N4O2. The van der Waals surface area contributed by atoms with Gasteiger partial charge in [0, 0.05) is 0 Å². The predicted octanol–water partition coefficient (Wildman–Crippen LogP) is 3.26. The molecule has 2 aromatic rings. The van der Waals surface area contributed by atoms with Gasteiger partial charge < -0.3 is 10.4 Å². The van der Waals surface area contributed by atoms with Crippen LogP contribution in [0.5, 0.6) is 0 Å². The van der Waals surface area contributed by atoms with Crippen LogP contribution in [0.2, 0.25) is 0 Å². The first-order chi connectivity index (χ1) is 11.8. The lowest BCUT2D eigenvalue weighted by Crippen LogP contribution is -2.27. The van der Waals surface area contributed by atoms with E-state index in [1.165, 1.54) is 0 Å². The molecule has 24 heavy (non-hydrogen) atoms. The van der Waals surface area contributed by atoms with Gasteiger partial charge in [-0.1, -0.05) is 71.0 Å². The summed E-state index contributed by atoms with van der Waals surface area (Å²) in [6, 6.07) is 21.3. The largest absolute Gasteiger partial charge is 0.411 e. The van der Waals surface area contributed by atoms with Crippen molar-refractivity contribution in [1.29, 1.82) is 10.5 Å². The van der Waals surface area contributed by atoms with E-state index in [4.69, 9.17) is 0 Å². The summed E-state index contributed by atoms with van der Waals surface area (Å²) in [5.41, 5.74) is 0.806. The van der Waals surface area contributed by atoms with Crippen molar-refractivity contribution in [2.45, 2.75) is 11.8 Å². The zero-order valence-electron chi connectivity index (χ0n) is 12.6. The van der Waals surface area contributed by atoms with Crippen molar-refractivity contribution in [3.8, 4) is 12.1 Å². The lowest BCUT2D eigenvalue weighted by molar-refractivity contribution is 0.312. The van der Waals surface area contributed by atoms with Gasteiger partial charge in [-0.3, -0.25) is 0 Å². The summed E-state index contributed by atoms with van der Waals surface area (Å²) < 4.78 is 0. The smallest absolute Gasteiger partial charge is 0.128 e. The zero-order valence-corrected chi connectivity index (χ0v) is 12.6. The molecule has 2 aromatic carbocycles. The molecule has 0 aromatic heterocycles. The highest BCUT2D eigenvalue weighted by Crippen LogP contribution is 2.24. The molecule has 0 unspecified atom stereocenters. The normalized spacial score (nSPS) is 14.2. The number of oxime groups is 2. The molecule has 0 bridgehead atoms. The first-order valence-corrected chi connectivity index (χ1v) is 7.10. The van der Waals surface area contributed by atoms with E-state index in [2.05, 4.69) is 10.3 Å². The molecule has 0 amide bonds. The topological polar surface area (TPSA) is 113 Å². The predicted molar refractivity (Wildman–Crippen MR) is 88.0 cm³/mol. The molecule has 0 aliphatic carbocycles. The standard InChI is InChI=1S/C18H14N4O2/c19-11-15(13-7-3-1-4-8-13)17(21-23)18(22-24)16(12-20)14-9-5-2-6-10-14/h1-10,15-16,23-24H/b21-17-,22-18+/t15-,16+/m1/s1. The second-order valence-electron chi connectivity index (χ2n) is 4.92. The lowest BCUT2D eigenvalue weighted by atomic mass is 9.85. The lowest BCUT2D eigenvalue weighted by Gasteiger charge is -2.16. The Morgan fingerprint density at radius 2 is 1.04 bits per heavy atom. The highest BCUT2D eigenvalue weighted by molar-refractivity contribution is 6.46. The molecule has 0 radical (unpaired) electrons. The monoisotopic (exact) mass is 318 g/mol. The number of benzene rings is 2. The molecule has 6 nitrogen and oxygen atoms in total. The van der Waals surface area contributed by atoms with Gasteiger partial charge in [-0.2, -0.15) is 10.5 Å². The Morgan fingerprint density at radius 3 is 1.29 bits per heavy atom. The summed E-state index contributed by atoms with van der Waals surface area (Å²) in [5, 5.41) is 44.1. The molecule has 0 heterocycles. The van der Waals surface area contributed by atoms with Crippen molar-refractivity contribution in [2.75, 3.05) is 0 Å². The van der Waals surface area contributed by atoms with Crippen LogP contribution in [0, 0.1) is 22.7 Å². The van der Waals surface area contributed by atoms with Gasteiger partial charge in [0.2, 0.25) is 0 Å². The van der Waals surface area contributed by atoms with Crippen molar-refractivity contribution in [2.24, 2.45) is 10.3 Å². The van der Waals surface area contributed by atoms with Gasteiger partial charge in [0.15, 0.2) is 0 Å². The van der Waals surface area contributed by atoms with Gasteiger partial charge in [-0.15, -0.1) is 0 Å². The molecule has 6 heteroatoms. The maximum Gasteiger partial charge on any atom is 0.128 e. The van der Waals surface area contributed by atoms with Crippen molar-refractivity contribution in [3.63, 3.8) is 0 Å². The average molecular weight is 318 g/mol. The Morgan fingerprint density at radius 1 is 0.708 bits per heavy atom. The zero-order chi connectivity index (χ0) is 17.4. The number of rotatable bonds is 5. The Labute approximate surface area is 139 Å². The average Bonchev–Trinajstić information content (AvgIpc) is 2.66. The highest BCUT2D eigenvalue weighted by Gasteiger charge is 2.31. The van der Waals surface area contributed by atoms with Crippen molar-refractivity contribution >= 4 is 11.4 Å². The fourth-order valence-corrected chi connectivity index (χ4v) is 2.39. The van der Waals surface area contributed by atoms with Gasteiger partial charge in [-0.05, 0) is 11.1 Å². The molecule has 0 spiro atoms. The maximum atomic E-state index is 9.49. The van der Waals surface area contributed by atoms with E-state index in [1.54, 1.807) is 60.7 Å². The van der Waals surface area contributed by atoms with E-state index >= 15 is 0 Å². The Kier molecular flexibility index (Phi) is 5.65. The minimum atomic E-state index is -0.971. The van der Waals surface area contributed by atoms with Gasteiger partial charge in [-0.25, -0.2) is 0 Å². The van der Waals surface area contributed by atoms with Gasteiger partial charge >= 0.3 is 0 Å². The number of nitrogens with zero attached hydrogens (tertiary/aromatic N) is 4. The minimum Gasteiger partial charge on any atom is -0.411 e. The van der Waals surface area contributed by atoms with Crippen LogP contribution in [0.25, 0.3) is 0 Å². The quantitative estimate of drug-likeness (QED) is 0.500. The van der Waals surface area contributed by atoms with Crippen LogP contribution in [-0.2, 0) is 0 Å². The van der Waals surface area contributed by atoms with Crippen LogP contribution in [0.15, 0.2) is 71.0 Å². The van der Waals surface area contributed by atoms with E-state index in [1.807, 2.05) is 12.1 Å². The van der Waals surface area contributed by atoms with E-state index < -0.39 is 11.8 Å². The third-order valence-corrected chi connectivity index (χ3v) is 3.55. The van der Waals surface area contributed by atoms with Gasteiger partial charge in [0.25, 0.3) is 0 Å². The Balaban J connectivity index is 2.48. The summed E-state index contributed by atoms with van der Waals surface area (Å²) in [7, 11) is 0. The summed E-state index contributed by atoms with van der Waals surface area (Å²) in [6.07, 6.45) is 0. The molecule has 0 aliphatic rings. The molecule has 0 saturated carbocycles. The molecular weight excluding hydrogens is 304 g/mol. The third kappa shape index (κ3) is 3.40. The molecule has 2 N–H and O–H groups in total. The van der Waals surface area contributed by atoms with E-state index in [0.29, 0.717) is 11.1 Å². The van der Waals surface area contributed by atoms with Crippen LogP contribution < -0.4 is 0 Å². The molecule has 118 valence electrons. The van der Waals surface area contributed by atoms with Crippen LogP contribution in [0.4, 0.5) is 0 Å². The number of hydrogen-bond acceptors (Lipinski definition) is 6.